The van der Waals surface area contributed by atoms with Gasteiger partial charge in [0, 0.05) is 12.5 Å². The molecule has 0 aliphatic carbocycles. The number of carbonyl (C=O) groups excluding carboxylic acids is 2. The van der Waals surface area contributed by atoms with Crippen LogP contribution in [-0.2, 0) is 18.8 Å². The molecule has 0 N–H and O–H groups in total. The number of rotatable bonds is 8. The zero-order valence-corrected chi connectivity index (χ0v) is 14.4. The van der Waals surface area contributed by atoms with Crippen LogP contribution < -0.4 is 0 Å². The first-order valence-electron chi connectivity index (χ1n) is 7.65. The molecule has 0 aromatic heterocycles. The van der Waals surface area contributed by atoms with Gasteiger partial charge in [0.2, 0.25) is 0 Å². The van der Waals surface area contributed by atoms with Crippen LogP contribution in [0.15, 0.2) is 24.3 Å². The van der Waals surface area contributed by atoms with E-state index in [2.05, 4.69) is 20.8 Å². The molecule has 118 valence electrons. The molecular weight excluding hydrogens is 284 g/mol. The van der Waals surface area contributed by atoms with Gasteiger partial charge in [0.25, 0.3) is 0 Å². The maximum Gasteiger partial charge on any atom is 0.331 e. The van der Waals surface area contributed by atoms with Gasteiger partial charge in [-0.2, -0.15) is 0 Å². The monoisotopic (exact) mass is 310 g/mol. The summed E-state index contributed by atoms with van der Waals surface area (Å²) in [6.45, 7) is 8.16. The Balaban J connectivity index is 2.82. The first-order valence-corrected chi connectivity index (χ1v) is 10.2. The fourth-order valence-electron chi connectivity index (χ4n) is 2.48. The second-order valence-electron chi connectivity index (χ2n) is 5.62. The van der Waals surface area contributed by atoms with Gasteiger partial charge in [0.15, 0.2) is 14.6 Å². The zero-order valence-electron chi connectivity index (χ0n) is 13.4. The largest absolute Gasteiger partial charge is 0.455 e. The molecule has 1 rings (SSSR count). The molecule has 0 aromatic rings. The quantitative estimate of drug-likeness (QED) is 0.298. The molecule has 0 saturated carbocycles. The van der Waals surface area contributed by atoms with Crippen LogP contribution in [0.2, 0.25) is 18.1 Å². The molecule has 21 heavy (non-hydrogen) atoms. The van der Waals surface area contributed by atoms with E-state index in [4.69, 9.17) is 9.16 Å². The maximum absolute atomic E-state index is 11.5. The minimum atomic E-state index is -1.88. The van der Waals surface area contributed by atoms with Crippen LogP contribution in [0.4, 0.5) is 0 Å². The van der Waals surface area contributed by atoms with Crippen LogP contribution in [0.5, 0.6) is 0 Å². The molecule has 1 aliphatic rings. The molecule has 0 bridgehead atoms. The van der Waals surface area contributed by atoms with Crippen LogP contribution in [0.25, 0.3) is 0 Å². The minimum Gasteiger partial charge on any atom is -0.455 e. The van der Waals surface area contributed by atoms with E-state index in [1.807, 2.05) is 0 Å². The lowest BCUT2D eigenvalue weighted by molar-refractivity contribution is -0.141. The van der Waals surface area contributed by atoms with Gasteiger partial charge in [-0.15, -0.1) is 0 Å². The normalized spacial score (nSPS) is 22.1. The summed E-state index contributed by atoms with van der Waals surface area (Å²) in [5.74, 6) is -0.343. The molecule has 0 fully saturated rings. The van der Waals surface area contributed by atoms with E-state index in [1.165, 1.54) is 6.08 Å². The highest BCUT2D eigenvalue weighted by molar-refractivity contribution is 6.73. The smallest absolute Gasteiger partial charge is 0.331 e. The Labute approximate surface area is 128 Å². The summed E-state index contributed by atoms with van der Waals surface area (Å²) in [4.78, 5) is 22.7. The fraction of sp³-hybridized carbons (Fsp3) is 0.625. The van der Waals surface area contributed by atoms with Gasteiger partial charge >= 0.3 is 5.97 Å². The number of cyclic esters (lactones) is 1. The summed E-state index contributed by atoms with van der Waals surface area (Å²) >= 11 is 0. The molecule has 2 atom stereocenters. The lowest BCUT2D eigenvalue weighted by atomic mass is 10.1. The van der Waals surface area contributed by atoms with Crippen molar-refractivity contribution in [1.29, 1.82) is 0 Å². The Hall–Kier alpha value is -1.20. The summed E-state index contributed by atoms with van der Waals surface area (Å²) in [5.41, 5.74) is -0.943. The lowest BCUT2D eigenvalue weighted by Crippen LogP contribution is -2.45. The average molecular weight is 310 g/mol. The van der Waals surface area contributed by atoms with Crippen molar-refractivity contribution in [2.75, 3.05) is 0 Å². The van der Waals surface area contributed by atoms with Crippen molar-refractivity contribution >= 4 is 20.6 Å². The van der Waals surface area contributed by atoms with Gasteiger partial charge in [-0.25, -0.2) is 4.79 Å². The third kappa shape index (κ3) is 4.93. The number of ether oxygens (including phenoxy) is 1. The molecule has 5 heteroatoms. The third-order valence-electron chi connectivity index (χ3n) is 4.14. The minimum absolute atomic E-state index is 0.314. The van der Waals surface area contributed by atoms with E-state index in [-0.39, 0.29) is 12.1 Å². The number of carbonyl (C=O) groups is 2. The zero-order chi connectivity index (χ0) is 15.9. The van der Waals surface area contributed by atoms with Crippen molar-refractivity contribution in [3.63, 3.8) is 0 Å². The van der Waals surface area contributed by atoms with E-state index in [0.717, 1.165) is 24.4 Å². The van der Waals surface area contributed by atoms with Crippen LogP contribution in [0, 0.1) is 0 Å². The predicted octanol–water partition coefficient (Wildman–Crippen LogP) is 3.39. The van der Waals surface area contributed by atoms with Crippen LogP contribution in [0.3, 0.4) is 0 Å². The fourth-order valence-corrected chi connectivity index (χ4v) is 5.46. The molecule has 0 radical (unpaired) electrons. The number of hydrogen-bond donors (Lipinski definition) is 0. The van der Waals surface area contributed by atoms with Gasteiger partial charge in [-0.05, 0) is 37.2 Å². The Kier molecular flexibility index (Phi) is 6.55. The highest BCUT2D eigenvalue weighted by Crippen LogP contribution is 2.28. The van der Waals surface area contributed by atoms with Gasteiger partial charge in [-0.3, -0.25) is 4.79 Å². The van der Waals surface area contributed by atoms with E-state index in [1.54, 1.807) is 25.2 Å². The number of hydrogen-bond acceptors (Lipinski definition) is 4. The highest BCUT2D eigenvalue weighted by atomic mass is 28.4. The van der Waals surface area contributed by atoms with Crippen LogP contribution in [-0.4, -0.2) is 32.3 Å². The van der Waals surface area contributed by atoms with E-state index in [0.29, 0.717) is 6.42 Å². The Morgan fingerprint density at radius 2 is 2.00 bits per heavy atom. The summed E-state index contributed by atoms with van der Waals surface area (Å²) in [6.07, 6.45) is 7.86. The third-order valence-corrected chi connectivity index (χ3v) is 8.87. The first kappa shape index (κ1) is 17.8. The summed E-state index contributed by atoms with van der Waals surface area (Å²) in [7, 11) is -1.88. The van der Waals surface area contributed by atoms with Crippen molar-refractivity contribution in [3.05, 3.63) is 24.3 Å². The Bertz CT molecular complexity index is 418. The van der Waals surface area contributed by atoms with Crippen molar-refractivity contribution in [3.8, 4) is 0 Å². The molecule has 0 saturated heterocycles. The van der Waals surface area contributed by atoms with Crippen LogP contribution >= 0.6 is 0 Å². The predicted molar refractivity (Wildman–Crippen MR) is 85.5 cm³/mol. The molecule has 0 amide bonds. The summed E-state index contributed by atoms with van der Waals surface area (Å²) in [5, 5.41) is 0. The lowest BCUT2D eigenvalue weighted by Gasteiger charge is -2.35. The van der Waals surface area contributed by atoms with Crippen molar-refractivity contribution in [2.24, 2.45) is 0 Å². The van der Waals surface area contributed by atoms with Crippen molar-refractivity contribution in [1.82, 2.24) is 0 Å². The number of aldehydes is 1. The Morgan fingerprint density at radius 1 is 1.38 bits per heavy atom. The molecule has 2 unspecified atom stereocenters. The molecule has 0 spiro atoms. The van der Waals surface area contributed by atoms with Gasteiger partial charge < -0.3 is 9.16 Å². The molecule has 1 aliphatic heterocycles. The van der Waals surface area contributed by atoms with Crippen molar-refractivity contribution in [2.45, 2.75) is 64.0 Å². The summed E-state index contributed by atoms with van der Waals surface area (Å²) in [6, 6.07) is 2.95. The average Bonchev–Trinajstić information content (AvgIpc) is 2.51. The Morgan fingerprint density at radius 3 is 2.48 bits per heavy atom. The summed E-state index contributed by atoms with van der Waals surface area (Å²) < 4.78 is 11.4. The second kappa shape index (κ2) is 7.71. The standard InChI is InChI=1S/C16H26O4Si/c1-5-21(6-2,7-3)20-16(4,13-17)12-11-14-9-8-10-15(18)19-14/h8,10-14H,5-7,9H2,1-4H3/b12-11+. The molecule has 0 aromatic carbocycles. The van der Waals surface area contributed by atoms with Crippen molar-refractivity contribution < 1.29 is 18.8 Å². The van der Waals surface area contributed by atoms with E-state index >= 15 is 0 Å². The van der Waals surface area contributed by atoms with Crippen LogP contribution in [0.1, 0.15) is 34.1 Å². The molecule has 4 nitrogen and oxygen atoms in total. The SMILES string of the molecule is CC[Si](CC)(CC)OC(C)(C=O)/C=C/C1CC=CC(=O)O1. The molecule has 1 heterocycles. The van der Waals surface area contributed by atoms with E-state index in [9.17, 15) is 9.59 Å². The number of esters is 1. The highest BCUT2D eigenvalue weighted by Gasteiger charge is 2.36. The molecular formula is C16H26O4Si. The topological polar surface area (TPSA) is 52.6 Å². The van der Waals surface area contributed by atoms with Gasteiger partial charge in [0.05, 0.1) is 0 Å². The second-order valence-corrected chi connectivity index (χ2v) is 10.3. The maximum atomic E-state index is 11.5. The van der Waals surface area contributed by atoms with Gasteiger partial charge in [0.1, 0.15) is 11.7 Å². The van der Waals surface area contributed by atoms with Gasteiger partial charge in [-0.1, -0.05) is 26.8 Å². The first-order chi connectivity index (χ1) is 9.92. The van der Waals surface area contributed by atoms with E-state index < -0.39 is 13.9 Å².